The minimum absolute atomic E-state index is 0.150. The van der Waals surface area contributed by atoms with Crippen molar-refractivity contribution in [2.75, 3.05) is 0 Å². The monoisotopic (exact) mass is 231 g/mol. The number of rotatable bonds is 5. The standard InChI is InChI=1S/C15H18O2/c1-2-6-14-11-13(15(16)17-14)10-9-12-7-4-3-5-8-12/h2-5,7-8,13-14H,1,6,9-11H2/t13-,14-/m1/s1/i14D. The van der Waals surface area contributed by atoms with E-state index in [0.717, 1.165) is 12.8 Å². The van der Waals surface area contributed by atoms with E-state index >= 15 is 0 Å². The number of hydrogen-bond acceptors (Lipinski definition) is 2. The normalized spacial score (nSPS) is 28.6. The summed E-state index contributed by atoms with van der Waals surface area (Å²) in [5.41, 5.74) is 1.22. The van der Waals surface area contributed by atoms with Crippen molar-refractivity contribution in [3.63, 3.8) is 0 Å². The molecular weight excluding hydrogens is 212 g/mol. The number of benzene rings is 1. The summed E-state index contributed by atoms with van der Waals surface area (Å²) in [6.07, 6.45) is 3.04. The van der Waals surface area contributed by atoms with Gasteiger partial charge in [-0.1, -0.05) is 36.4 Å². The number of hydrogen-bond donors (Lipinski definition) is 0. The Morgan fingerprint density at radius 3 is 2.94 bits per heavy atom. The van der Waals surface area contributed by atoms with E-state index in [1.807, 2.05) is 18.2 Å². The lowest BCUT2D eigenvalue weighted by molar-refractivity contribution is -0.144. The molecule has 0 bridgehead atoms. The number of carbonyl (C=O) groups excluding carboxylic acids is 1. The highest BCUT2D eigenvalue weighted by atomic mass is 16.5. The second-order valence-electron chi connectivity index (χ2n) is 4.38. The van der Waals surface area contributed by atoms with Gasteiger partial charge in [-0.2, -0.15) is 0 Å². The largest absolute Gasteiger partial charge is 0.462 e. The summed E-state index contributed by atoms with van der Waals surface area (Å²) in [6, 6.07) is 10.1. The third-order valence-electron chi connectivity index (χ3n) is 3.05. The Morgan fingerprint density at radius 2 is 2.24 bits per heavy atom. The van der Waals surface area contributed by atoms with Gasteiger partial charge in [0.1, 0.15) is 6.08 Å². The van der Waals surface area contributed by atoms with Crippen molar-refractivity contribution >= 4 is 5.97 Å². The van der Waals surface area contributed by atoms with E-state index in [-0.39, 0.29) is 11.9 Å². The first-order valence-electron chi connectivity index (χ1n) is 6.51. The van der Waals surface area contributed by atoms with Crippen LogP contribution in [0, 0.1) is 5.92 Å². The van der Waals surface area contributed by atoms with E-state index in [2.05, 4.69) is 18.7 Å². The number of ether oxygens (including phenoxy) is 1. The molecule has 0 spiro atoms. The van der Waals surface area contributed by atoms with Crippen LogP contribution >= 0.6 is 0 Å². The molecule has 0 unspecified atom stereocenters. The zero-order chi connectivity index (χ0) is 13.0. The molecule has 0 N–H and O–H groups in total. The Labute approximate surface area is 104 Å². The average Bonchev–Trinajstić information content (AvgIpc) is 2.63. The van der Waals surface area contributed by atoms with Crippen molar-refractivity contribution in [2.24, 2.45) is 5.92 Å². The van der Waals surface area contributed by atoms with Crippen LogP contribution in [0.1, 0.15) is 26.2 Å². The summed E-state index contributed by atoms with van der Waals surface area (Å²) in [7, 11) is 0. The van der Waals surface area contributed by atoms with Crippen molar-refractivity contribution in [3.8, 4) is 0 Å². The van der Waals surface area contributed by atoms with Gasteiger partial charge in [-0.25, -0.2) is 0 Å². The third-order valence-corrected chi connectivity index (χ3v) is 3.05. The molecule has 0 amide bonds. The fraction of sp³-hybridized carbons (Fsp3) is 0.400. The molecule has 0 aliphatic carbocycles. The lowest BCUT2D eigenvalue weighted by Crippen LogP contribution is -2.08. The maximum absolute atomic E-state index is 11.7. The SMILES string of the molecule is [2H][C@@]1(CC=C)C[C@@H](CCc2ccccc2)C(=O)O1. The van der Waals surface area contributed by atoms with Gasteiger partial charge >= 0.3 is 5.97 Å². The molecule has 2 nitrogen and oxygen atoms in total. The minimum atomic E-state index is -1.08. The van der Waals surface area contributed by atoms with E-state index in [1.165, 1.54) is 5.56 Å². The Morgan fingerprint density at radius 1 is 1.47 bits per heavy atom. The van der Waals surface area contributed by atoms with Crippen molar-refractivity contribution in [3.05, 3.63) is 48.6 Å². The lowest BCUT2D eigenvalue weighted by Gasteiger charge is -2.05. The second kappa shape index (κ2) is 5.67. The van der Waals surface area contributed by atoms with Gasteiger partial charge in [-0.15, -0.1) is 6.58 Å². The quantitative estimate of drug-likeness (QED) is 0.575. The number of carbonyl (C=O) groups is 1. The van der Waals surface area contributed by atoms with Gasteiger partial charge < -0.3 is 4.74 Å². The van der Waals surface area contributed by atoms with Crippen LogP contribution in [0.2, 0.25) is 0 Å². The predicted molar refractivity (Wildman–Crippen MR) is 67.6 cm³/mol. The molecule has 1 aliphatic rings. The Kier molecular flexibility index (Phi) is 3.53. The van der Waals surface area contributed by atoms with Gasteiger partial charge in [0, 0.05) is 6.42 Å². The Balaban J connectivity index is 1.91. The first-order chi connectivity index (χ1) is 8.63. The number of cyclic esters (lactones) is 1. The molecule has 1 heterocycles. The van der Waals surface area contributed by atoms with Gasteiger partial charge in [-0.3, -0.25) is 4.79 Å². The summed E-state index contributed by atoms with van der Waals surface area (Å²) < 4.78 is 13.2. The van der Waals surface area contributed by atoms with Gasteiger partial charge in [-0.05, 0) is 24.8 Å². The molecule has 1 aromatic carbocycles. The van der Waals surface area contributed by atoms with Gasteiger partial charge in [0.05, 0.1) is 7.29 Å². The van der Waals surface area contributed by atoms with E-state index in [0.29, 0.717) is 12.8 Å². The van der Waals surface area contributed by atoms with Crippen LogP contribution in [0.5, 0.6) is 0 Å². The molecule has 90 valence electrons. The van der Waals surface area contributed by atoms with E-state index in [9.17, 15) is 4.79 Å². The zero-order valence-electron chi connectivity index (χ0n) is 10.9. The molecule has 1 fully saturated rings. The molecule has 0 saturated carbocycles. The number of aryl methyl sites for hydroxylation is 1. The molecule has 1 aromatic rings. The molecule has 2 heteroatoms. The molecule has 1 aliphatic heterocycles. The summed E-state index contributed by atoms with van der Waals surface area (Å²) >= 11 is 0. The van der Waals surface area contributed by atoms with Crippen LogP contribution in [0.15, 0.2) is 43.0 Å². The van der Waals surface area contributed by atoms with Crippen LogP contribution in [0.3, 0.4) is 0 Å². The molecule has 17 heavy (non-hydrogen) atoms. The van der Waals surface area contributed by atoms with Crippen molar-refractivity contribution in [1.82, 2.24) is 0 Å². The average molecular weight is 231 g/mol. The van der Waals surface area contributed by atoms with Crippen molar-refractivity contribution in [2.45, 2.75) is 31.8 Å². The minimum Gasteiger partial charge on any atom is -0.462 e. The molecule has 0 radical (unpaired) electrons. The van der Waals surface area contributed by atoms with Crippen LogP contribution in [-0.4, -0.2) is 12.0 Å². The molecule has 0 aromatic heterocycles. The smallest absolute Gasteiger partial charge is 0.309 e. The van der Waals surface area contributed by atoms with Crippen LogP contribution in [0.4, 0.5) is 0 Å². The molecule has 1 saturated heterocycles. The second-order valence-corrected chi connectivity index (χ2v) is 4.38. The fourth-order valence-electron chi connectivity index (χ4n) is 2.12. The topological polar surface area (TPSA) is 26.3 Å². The van der Waals surface area contributed by atoms with Crippen LogP contribution in [0.25, 0.3) is 0 Å². The van der Waals surface area contributed by atoms with Crippen LogP contribution in [-0.2, 0) is 16.0 Å². The van der Waals surface area contributed by atoms with Crippen LogP contribution < -0.4 is 0 Å². The lowest BCUT2D eigenvalue weighted by atomic mass is 9.96. The maximum atomic E-state index is 11.7. The van der Waals surface area contributed by atoms with E-state index in [4.69, 9.17) is 6.11 Å². The predicted octanol–water partition coefficient (Wildman–Crippen LogP) is 3.13. The van der Waals surface area contributed by atoms with E-state index < -0.39 is 6.08 Å². The van der Waals surface area contributed by atoms with Crippen molar-refractivity contribution in [1.29, 1.82) is 0 Å². The highest BCUT2D eigenvalue weighted by molar-refractivity contribution is 5.74. The Hall–Kier alpha value is -1.57. The summed E-state index contributed by atoms with van der Waals surface area (Å²) in [5, 5.41) is 0. The van der Waals surface area contributed by atoms with Gasteiger partial charge in [0.25, 0.3) is 0 Å². The first-order valence-corrected chi connectivity index (χ1v) is 6.01. The highest BCUT2D eigenvalue weighted by Crippen LogP contribution is 2.27. The summed E-state index contributed by atoms with van der Waals surface area (Å²) in [4.78, 5) is 11.7. The first kappa shape index (κ1) is 10.6. The maximum Gasteiger partial charge on any atom is 0.309 e. The number of esters is 1. The highest BCUT2D eigenvalue weighted by Gasteiger charge is 2.32. The van der Waals surface area contributed by atoms with Crippen molar-refractivity contribution < 1.29 is 10.9 Å². The van der Waals surface area contributed by atoms with Gasteiger partial charge in [0.15, 0.2) is 0 Å². The fourth-order valence-corrected chi connectivity index (χ4v) is 2.12. The zero-order valence-corrected chi connectivity index (χ0v) is 9.89. The molecule has 2 rings (SSSR count). The molecular formula is C15H18O2. The van der Waals surface area contributed by atoms with Gasteiger partial charge in [0.2, 0.25) is 0 Å². The Bertz CT molecular complexity index is 429. The molecule has 2 atom stereocenters. The summed E-state index contributed by atoms with van der Waals surface area (Å²) in [5.74, 6) is -0.384. The van der Waals surface area contributed by atoms with E-state index in [1.54, 1.807) is 6.08 Å². The third kappa shape index (κ3) is 3.19. The summed E-state index contributed by atoms with van der Waals surface area (Å²) in [6.45, 7) is 3.60.